The molecule has 0 amide bonds. The molecule has 0 radical (unpaired) electrons. The van der Waals surface area contributed by atoms with E-state index in [-0.39, 0.29) is 11.7 Å². The van der Waals surface area contributed by atoms with Crippen molar-refractivity contribution in [3.8, 4) is 0 Å². The highest BCUT2D eigenvalue weighted by molar-refractivity contribution is 4.82. The van der Waals surface area contributed by atoms with Gasteiger partial charge in [0.1, 0.15) is 0 Å². The van der Waals surface area contributed by atoms with Gasteiger partial charge in [0.25, 0.3) is 0 Å². The van der Waals surface area contributed by atoms with Gasteiger partial charge in [0, 0.05) is 0 Å². The third kappa shape index (κ3) is 5.28. The van der Waals surface area contributed by atoms with Crippen LogP contribution < -0.4 is 0 Å². The molecule has 0 heterocycles. The molecule has 0 aromatic rings. The number of hydrogen-bond donors (Lipinski definition) is 0. The largest absolute Gasteiger partial charge is 0.203 e. The third-order valence-electron chi connectivity index (χ3n) is 2.81. The second kappa shape index (κ2) is 5.03. The zero-order valence-corrected chi connectivity index (χ0v) is 11.5. The molecular weight excluding hydrogens is 204 g/mol. The normalized spacial score (nSPS) is 30.4. The molecule has 0 N–H and O–H groups in total. The molecule has 0 aromatic carbocycles. The van der Waals surface area contributed by atoms with Crippen molar-refractivity contribution in [3.63, 3.8) is 0 Å². The second-order valence-electron chi connectivity index (χ2n) is 6.90. The van der Waals surface area contributed by atoms with E-state index in [4.69, 9.17) is 14.8 Å². The first kappa shape index (κ1) is 13.9. The molecule has 1 aliphatic rings. The van der Waals surface area contributed by atoms with Crippen molar-refractivity contribution in [1.82, 2.24) is 0 Å². The highest BCUT2D eigenvalue weighted by atomic mass is 17.5. The summed E-state index contributed by atoms with van der Waals surface area (Å²) >= 11 is 0. The molecule has 1 saturated carbocycles. The van der Waals surface area contributed by atoms with Crippen molar-refractivity contribution in [2.24, 2.45) is 11.3 Å². The van der Waals surface area contributed by atoms with Gasteiger partial charge >= 0.3 is 0 Å². The standard InChI is InChI=1S/C13H26O3/c1-10-7-11(9-13(5,6)8-10)14-16-15-12(2,3)4/h10-11H,7-9H2,1-6H3. The SMILES string of the molecule is CC1CC(OOOC(C)(C)C)CC(C)(C)C1. The van der Waals surface area contributed by atoms with E-state index in [0.717, 1.165) is 12.8 Å². The average Bonchev–Trinajstić information content (AvgIpc) is 1.96. The van der Waals surface area contributed by atoms with E-state index in [9.17, 15) is 0 Å². The van der Waals surface area contributed by atoms with Crippen LogP contribution in [-0.2, 0) is 14.8 Å². The Morgan fingerprint density at radius 3 is 2.25 bits per heavy atom. The Bertz CT molecular complexity index is 218. The Morgan fingerprint density at radius 2 is 1.75 bits per heavy atom. The van der Waals surface area contributed by atoms with E-state index in [2.05, 4.69) is 20.8 Å². The molecule has 0 aliphatic heterocycles. The highest BCUT2D eigenvalue weighted by Gasteiger charge is 2.33. The summed E-state index contributed by atoms with van der Waals surface area (Å²) in [5, 5.41) is 4.88. The fourth-order valence-electron chi connectivity index (χ4n) is 2.51. The predicted octanol–water partition coefficient (Wildman–Crippen LogP) is 3.88. The van der Waals surface area contributed by atoms with Crippen LogP contribution in [-0.4, -0.2) is 11.7 Å². The summed E-state index contributed by atoms with van der Waals surface area (Å²) in [6.07, 6.45) is 3.50. The number of hydrogen-bond acceptors (Lipinski definition) is 3. The first-order chi connectivity index (χ1) is 7.18. The summed E-state index contributed by atoms with van der Waals surface area (Å²) in [5.74, 6) is 0.687. The van der Waals surface area contributed by atoms with Crippen LogP contribution in [0.3, 0.4) is 0 Å². The Balaban J connectivity index is 2.32. The van der Waals surface area contributed by atoms with Crippen molar-refractivity contribution in [2.45, 2.75) is 72.5 Å². The lowest BCUT2D eigenvalue weighted by atomic mass is 9.71. The third-order valence-corrected chi connectivity index (χ3v) is 2.81. The smallest absolute Gasteiger partial charge is 0.0983 e. The Hall–Kier alpha value is -0.120. The van der Waals surface area contributed by atoms with Gasteiger partial charge in [-0.25, -0.2) is 9.78 Å². The lowest BCUT2D eigenvalue weighted by molar-refractivity contribution is -0.553. The van der Waals surface area contributed by atoms with Gasteiger partial charge in [-0.15, -0.1) is 0 Å². The summed E-state index contributed by atoms with van der Waals surface area (Å²) in [5.41, 5.74) is 0.0171. The molecule has 3 heteroatoms. The first-order valence-corrected chi connectivity index (χ1v) is 6.19. The minimum atomic E-state index is -0.324. The van der Waals surface area contributed by atoms with E-state index in [1.807, 2.05) is 20.8 Å². The molecule has 0 aromatic heterocycles. The zero-order chi connectivity index (χ0) is 12.4. The van der Waals surface area contributed by atoms with E-state index in [0.29, 0.717) is 11.3 Å². The van der Waals surface area contributed by atoms with Crippen molar-refractivity contribution < 1.29 is 14.8 Å². The Labute approximate surface area is 99.3 Å². The van der Waals surface area contributed by atoms with Gasteiger partial charge in [-0.1, -0.05) is 25.8 Å². The molecular formula is C13H26O3. The van der Waals surface area contributed by atoms with Crippen LogP contribution in [0.5, 0.6) is 0 Å². The van der Waals surface area contributed by atoms with Gasteiger partial charge in [0.05, 0.1) is 11.7 Å². The molecule has 1 fully saturated rings. The lowest BCUT2D eigenvalue weighted by Gasteiger charge is -2.37. The Morgan fingerprint density at radius 1 is 1.12 bits per heavy atom. The fourth-order valence-corrected chi connectivity index (χ4v) is 2.51. The van der Waals surface area contributed by atoms with Gasteiger partial charge < -0.3 is 0 Å². The predicted molar refractivity (Wildman–Crippen MR) is 63.6 cm³/mol. The quantitative estimate of drug-likeness (QED) is 0.544. The first-order valence-electron chi connectivity index (χ1n) is 6.19. The summed E-state index contributed by atoms with van der Waals surface area (Å²) in [4.78, 5) is 10.5. The van der Waals surface area contributed by atoms with Crippen molar-refractivity contribution >= 4 is 0 Å². The minimum Gasteiger partial charge on any atom is -0.203 e. The van der Waals surface area contributed by atoms with Crippen LogP contribution in [0.25, 0.3) is 0 Å². The molecule has 0 spiro atoms. The van der Waals surface area contributed by atoms with Gasteiger partial charge in [-0.05, 0) is 51.4 Å². The maximum Gasteiger partial charge on any atom is 0.0983 e. The minimum absolute atomic E-state index is 0.154. The molecule has 1 rings (SSSR count). The Kier molecular flexibility index (Phi) is 4.38. The fraction of sp³-hybridized carbons (Fsp3) is 1.00. The van der Waals surface area contributed by atoms with Crippen LogP contribution in [0.1, 0.15) is 60.8 Å². The van der Waals surface area contributed by atoms with Crippen molar-refractivity contribution in [1.29, 1.82) is 0 Å². The van der Waals surface area contributed by atoms with Crippen LogP contribution in [0, 0.1) is 11.3 Å². The van der Waals surface area contributed by atoms with Crippen LogP contribution >= 0.6 is 0 Å². The van der Waals surface area contributed by atoms with E-state index >= 15 is 0 Å². The molecule has 3 nitrogen and oxygen atoms in total. The van der Waals surface area contributed by atoms with Crippen LogP contribution in [0.2, 0.25) is 0 Å². The molecule has 96 valence electrons. The molecule has 1 aliphatic carbocycles. The maximum atomic E-state index is 5.34. The summed E-state index contributed by atoms with van der Waals surface area (Å²) < 4.78 is 0. The summed E-state index contributed by atoms with van der Waals surface area (Å²) in [6, 6.07) is 0. The molecule has 16 heavy (non-hydrogen) atoms. The van der Waals surface area contributed by atoms with E-state index < -0.39 is 0 Å². The van der Waals surface area contributed by atoms with Crippen molar-refractivity contribution in [3.05, 3.63) is 0 Å². The zero-order valence-electron chi connectivity index (χ0n) is 11.5. The van der Waals surface area contributed by atoms with Gasteiger partial charge in [0.2, 0.25) is 0 Å². The highest BCUT2D eigenvalue weighted by Crippen LogP contribution is 2.39. The van der Waals surface area contributed by atoms with Crippen LogP contribution in [0.4, 0.5) is 0 Å². The van der Waals surface area contributed by atoms with E-state index in [1.165, 1.54) is 6.42 Å². The summed E-state index contributed by atoms with van der Waals surface area (Å²) in [6.45, 7) is 12.6. The molecule has 0 bridgehead atoms. The maximum absolute atomic E-state index is 5.34. The monoisotopic (exact) mass is 230 g/mol. The second-order valence-corrected chi connectivity index (χ2v) is 6.90. The van der Waals surface area contributed by atoms with Crippen LogP contribution in [0.15, 0.2) is 0 Å². The topological polar surface area (TPSA) is 27.7 Å². The summed E-state index contributed by atoms with van der Waals surface area (Å²) in [7, 11) is 0. The van der Waals surface area contributed by atoms with E-state index in [1.54, 1.807) is 0 Å². The molecule has 0 saturated heterocycles. The molecule has 2 atom stereocenters. The van der Waals surface area contributed by atoms with Gasteiger partial charge in [-0.3, -0.25) is 0 Å². The molecule has 2 unspecified atom stereocenters. The van der Waals surface area contributed by atoms with Gasteiger partial charge in [-0.2, -0.15) is 0 Å². The van der Waals surface area contributed by atoms with Gasteiger partial charge in [0.15, 0.2) is 0 Å². The van der Waals surface area contributed by atoms with Crippen molar-refractivity contribution in [2.75, 3.05) is 0 Å². The average molecular weight is 230 g/mol. The lowest BCUT2D eigenvalue weighted by Crippen LogP contribution is -2.33. The number of rotatable bonds is 3.